The molecule has 0 unspecified atom stereocenters. The molecule has 5 nitrogen and oxygen atoms in total. The first-order valence-corrected chi connectivity index (χ1v) is 7.32. The maximum atomic E-state index is 12.3. The zero-order valence-corrected chi connectivity index (χ0v) is 13.2. The molecule has 1 aliphatic rings. The quantitative estimate of drug-likeness (QED) is 0.585. The van der Waals surface area contributed by atoms with E-state index in [1.807, 2.05) is 0 Å². The summed E-state index contributed by atoms with van der Waals surface area (Å²) >= 11 is 0. The third-order valence-corrected chi connectivity index (χ3v) is 3.51. The van der Waals surface area contributed by atoms with Gasteiger partial charge in [-0.1, -0.05) is 12.1 Å². The minimum atomic E-state index is -2.97. The molecule has 0 amide bonds. The van der Waals surface area contributed by atoms with Gasteiger partial charge >= 0.3 is 6.61 Å². The first-order chi connectivity index (χ1) is 12.1. The summed E-state index contributed by atoms with van der Waals surface area (Å²) in [5.74, 6) is 0.786. The van der Waals surface area contributed by atoms with Gasteiger partial charge in [0.05, 0.1) is 7.11 Å². The number of ether oxygens (including phenoxy) is 4. The predicted molar refractivity (Wildman–Crippen MR) is 85.6 cm³/mol. The first-order valence-electron chi connectivity index (χ1n) is 7.32. The van der Waals surface area contributed by atoms with Crippen molar-refractivity contribution in [2.45, 2.75) is 6.61 Å². The zero-order valence-electron chi connectivity index (χ0n) is 13.2. The van der Waals surface area contributed by atoms with Crippen molar-refractivity contribution in [3.05, 3.63) is 53.6 Å². The Balaban J connectivity index is 1.81. The highest BCUT2D eigenvalue weighted by molar-refractivity contribution is 6.07. The van der Waals surface area contributed by atoms with Gasteiger partial charge in [-0.15, -0.1) is 0 Å². The molecule has 7 heteroatoms. The third kappa shape index (κ3) is 3.71. The monoisotopic (exact) mass is 348 g/mol. The molecular weight excluding hydrogens is 334 g/mol. The molecule has 0 N–H and O–H groups in total. The Kier molecular flexibility index (Phi) is 4.83. The van der Waals surface area contributed by atoms with Crippen LogP contribution in [0.3, 0.4) is 0 Å². The Labute approximate surface area is 142 Å². The Morgan fingerprint density at radius 2 is 2.04 bits per heavy atom. The number of fused-ring (bicyclic) bond motifs is 1. The highest BCUT2D eigenvalue weighted by atomic mass is 19.3. The van der Waals surface area contributed by atoms with Crippen LogP contribution in [0.1, 0.15) is 15.9 Å². The number of allylic oxidation sites excluding steroid dienone is 1. The normalized spacial score (nSPS) is 12.6. The lowest BCUT2D eigenvalue weighted by Crippen LogP contribution is -2.04. The van der Waals surface area contributed by atoms with Gasteiger partial charge in [-0.3, -0.25) is 4.79 Å². The second-order valence-electron chi connectivity index (χ2n) is 5.02. The molecule has 0 saturated heterocycles. The van der Waals surface area contributed by atoms with Crippen LogP contribution in [-0.2, 0) is 0 Å². The predicted octanol–water partition coefficient (Wildman–Crippen LogP) is 3.92. The number of rotatable bonds is 6. The molecule has 0 bridgehead atoms. The summed E-state index contributed by atoms with van der Waals surface area (Å²) in [6.45, 7) is -2.84. The lowest BCUT2D eigenvalue weighted by molar-refractivity contribution is -0.0512. The van der Waals surface area contributed by atoms with Gasteiger partial charge in [-0.05, 0) is 36.4 Å². The maximum Gasteiger partial charge on any atom is 0.387 e. The number of carbonyl (C=O) groups is 1. The van der Waals surface area contributed by atoms with Crippen LogP contribution in [0.2, 0.25) is 0 Å². The van der Waals surface area contributed by atoms with Crippen LogP contribution in [-0.4, -0.2) is 26.3 Å². The molecule has 0 spiro atoms. The van der Waals surface area contributed by atoms with Gasteiger partial charge in [0.1, 0.15) is 0 Å². The summed E-state index contributed by atoms with van der Waals surface area (Å²) in [5, 5.41) is 0. The van der Waals surface area contributed by atoms with Gasteiger partial charge in [0.15, 0.2) is 28.8 Å². The second kappa shape index (κ2) is 7.21. The third-order valence-electron chi connectivity index (χ3n) is 3.51. The van der Waals surface area contributed by atoms with Gasteiger partial charge in [0, 0.05) is 11.1 Å². The Morgan fingerprint density at radius 3 is 2.80 bits per heavy atom. The molecule has 0 radical (unpaired) electrons. The number of halogens is 2. The number of benzene rings is 2. The van der Waals surface area contributed by atoms with Crippen molar-refractivity contribution < 1.29 is 32.5 Å². The number of ketones is 1. The Hall–Kier alpha value is -3.09. The van der Waals surface area contributed by atoms with Crippen molar-refractivity contribution in [2.24, 2.45) is 0 Å². The molecule has 0 fully saturated rings. The van der Waals surface area contributed by atoms with Crippen LogP contribution < -0.4 is 18.9 Å². The standard InChI is InChI=1S/C18H14F2O5/c1-22-16-9-12(6-8-14(16)25-18(19)20)13(21)7-5-11-3-2-4-15-17(11)24-10-23-15/h2-9,18H,10H2,1H3/b7-5+. The van der Waals surface area contributed by atoms with E-state index in [0.717, 1.165) is 0 Å². The fraction of sp³-hybridized carbons (Fsp3) is 0.167. The highest BCUT2D eigenvalue weighted by Gasteiger charge is 2.16. The summed E-state index contributed by atoms with van der Waals surface area (Å²) in [6, 6.07) is 9.35. The number of hydrogen-bond acceptors (Lipinski definition) is 5. The Bertz CT molecular complexity index is 817. The number of hydrogen-bond donors (Lipinski definition) is 0. The van der Waals surface area contributed by atoms with Crippen molar-refractivity contribution in [1.29, 1.82) is 0 Å². The first kappa shape index (κ1) is 16.8. The van der Waals surface area contributed by atoms with Crippen LogP contribution in [0.5, 0.6) is 23.0 Å². The van der Waals surface area contributed by atoms with E-state index in [4.69, 9.17) is 14.2 Å². The fourth-order valence-corrected chi connectivity index (χ4v) is 2.36. The van der Waals surface area contributed by atoms with Crippen molar-refractivity contribution in [3.8, 4) is 23.0 Å². The topological polar surface area (TPSA) is 54.0 Å². The molecule has 0 aliphatic carbocycles. The van der Waals surface area contributed by atoms with E-state index >= 15 is 0 Å². The molecule has 1 aliphatic heterocycles. The van der Waals surface area contributed by atoms with Gasteiger partial charge in [0.25, 0.3) is 0 Å². The summed E-state index contributed by atoms with van der Waals surface area (Å²) in [5.41, 5.74) is 0.979. The van der Waals surface area contributed by atoms with Gasteiger partial charge < -0.3 is 18.9 Å². The van der Waals surface area contributed by atoms with E-state index in [1.165, 1.54) is 31.4 Å². The zero-order chi connectivity index (χ0) is 17.8. The van der Waals surface area contributed by atoms with E-state index in [0.29, 0.717) is 17.1 Å². The van der Waals surface area contributed by atoms with E-state index in [9.17, 15) is 13.6 Å². The lowest BCUT2D eigenvalue weighted by atomic mass is 10.1. The number of para-hydroxylation sites is 1. The molecule has 0 aromatic heterocycles. The van der Waals surface area contributed by atoms with Gasteiger partial charge in [-0.2, -0.15) is 8.78 Å². The van der Waals surface area contributed by atoms with E-state index in [2.05, 4.69) is 4.74 Å². The molecular formula is C18H14F2O5. The van der Waals surface area contributed by atoms with Gasteiger partial charge in [-0.25, -0.2) is 0 Å². The molecule has 1 heterocycles. The van der Waals surface area contributed by atoms with Crippen molar-refractivity contribution >= 4 is 11.9 Å². The fourth-order valence-electron chi connectivity index (χ4n) is 2.36. The molecule has 2 aromatic carbocycles. The highest BCUT2D eigenvalue weighted by Crippen LogP contribution is 2.36. The van der Waals surface area contributed by atoms with Crippen molar-refractivity contribution in [3.63, 3.8) is 0 Å². The van der Waals surface area contributed by atoms with E-state index < -0.39 is 6.61 Å². The summed E-state index contributed by atoms with van der Waals surface area (Å²) in [6.07, 6.45) is 2.96. The van der Waals surface area contributed by atoms with E-state index in [-0.39, 0.29) is 29.6 Å². The van der Waals surface area contributed by atoms with Crippen LogP contribution in [0.4, 0.5) is 8.78 Å². The smallest absolute Gasteiger partial charge is 0.387 e. The number of methoxy groups -OCH3 is 1. The van der Waals surface area contributed by atoms with Crippen LogP contribution >= 0.6 is 0 Å². The maximum absolute atomic E-state index is 12.3. The molecule has 3 rings (SSSR count). The number of carbonyl (C=O) groups excluding carboxylic acids is 1. The van der Waals surface area contributed by atoms with E-state index in [1.54, 1.807) is 24.3 Å². The largest absolute Gasteiger partial charge is 0.493 e. The molecule has 2 aromatic rings. The Morgan fingerprint density at radius 1 is 1.20 bits per heavy atom. The molecule has 25 heavy (non-hydrogen) atoms. The van der Waals surface area contributed by atoms with Crippen LogP contribution in [0, 0.1) is 0 Å². The summed E-state index contributed by atoms with van der Waals surface area (Å²) < 4.78 is 44.6. The number of alkyl halides is 2. The van der Waals surface area contributed by atoms with Gasteiger partial charge in [0.2, 0.25) is 6.79 Å². The SMILES string of the molecule is COc1cc(C(=O)/C=C/c2cccc3c2OCO3)ccc1OC(F)F. The lowest BCUT2D eigenvalue weighted by Gasteiger charge is -2.10. The van der Waals surface area contributed by atoms with Crippen LogP contribution in [0.15, 0.2) is 42.5 Å². The minimum Gasteiger partial charge on any atom is -0.493 e. The molecule has 0 atom stereocenters. The van der Waals surface area contributed by atoms with Crippen LogP contribution in [0.25, 0.3) is 6.08 Å². The summed E-state index contributed by atoms with van der Waals surface area (Å²) in [4.78, 5) is 12.3. The second-order valence-corrected chi connectivity index (χ2v) is 5.02. The molecule has 0 saturated carbocycles. The van der Waals surface area contributed by atoms with Crippen molar-refractivity contribution in [1.82, 2.24) is 0 Å². The van der Waals surface area contributed by atoms with Crippen molar-refractivity contribution in [2.75, 3.05) is 13.9 Å². The molecule has 130 valence electrons. The average molecular weight is 348 g/mol. The average Bonchev–Trinajstić information content (AvgIpc) is 3.08. The summed E-state index contributed by atoms with van der Waals surface area (Å²) in [7, 11) is 1.31. The minimum absolute atomic E-state index is 0.0527.